The van der Waals surface area contributed by atoms with E-state index in [4.69, 9.17) is 0 Å². The van der Waals surface area contributed by atoms with Crippen LogP contribution in [0.5, 0.6) is 0 Å². The Kier molecular flexibility index (Phi) is 3.82. The van der Waals surface area contributed by atoms with Gasteiger partial charge in [-0.25, -0.2) is 0 Å². The van der Waals surface area contributed by atoms with Crippen molar-refractivity contribution in [2.24, 2.45) is 0 Å². The molecule has 1 aromatic carbocycles. The number of benzene rings is 1. The number of hydrogen-bond acceptors (Lipinski definition) is 2. The summed E-state index contributed by atoms with van der Waals surface area (Å²) in [5.41, 5.74) is 2.25. The third-order valence-corrected chi connectivity index (χ3v) is 3.53. The van der Waals surface area contributed by atoms with Gasteiger partial charge in [0.05, 0.1) is 5.60 Å². The topological polar surface area (TPSA) is 42.2 Å². The molecule has 0 amide bonds. The molecule has 0 saturated heterocycles. The molecular weight excluding hydrogens is 250 g/mol. The zero-order valence-corrected chi connectivity index (χ0v) is 12.5. The van der Waals surface area contributed by atoms with Crippen LogP contribution in [-0.2, 0) is 12.0 Å². The van der Waals surface area contributed by atoms with Crippen LogP contribution in [0.4, 0.5) is 0 Å². The second-order valence-corrected chi connectivity index (χ2v) is 5.64. The Hall–Kier alpha value is -1.87. The molecule has 1 aromatic heterocycles. The molecule has 2 aromatic rings. The van der Waals surface area contributed by atoms with E-state index in [1.165, 1.54) is 5.56 Å². The van der Waals surface area contributed by atoms with Crippen molar-refractivity contribution in [1.29, 1.82) is 0 Å². The van der Waals surface area contributed by atoms with Crippen LogP contribution in [0.1, 0.15) is 37.6 Å². The Balaban J connectivity index is 2.58. The molecule has 0 spiro atoms. The van der Waals surface area contributed by atoms with E-state index < -0.39 is 5.60 Å². The fraction of sp³-hybridized carbons (Fsp3) is 0.353. The van der Waals surface area contributed by atoms with Crippen molar-refractivity contribution in [3.8, 4) is 5.69 Å². The standard InChI is InChI=1S/C17H21NO2/c1-5-13-6-8-14(9-7-13)18-11-15(17(3,4)20)16(19)10-12(18)2/h6-11,20H,5H2,1-4H3. The van der Waals surface area contributed by atoms with E-state index in [1.54, 1.807) is 26.1 Å². The van der Waals surface area contributed by atoms with Gasteiger partial charge in [0.2, 0.25) is 0 Å². The van der Waals surface area contributed by atoms with Crippen LogP contribution in [0.2, 0.25) is 0 Å². The predicted molar refractivity (Wildman–Crippen MR) is 81.4 cm³/mol. The van der Waals surface area contributed by atoms with E-state index in [0.717, 1.165) is 17.8 Å². The van der Waals surface area contributed by atoms with Gasteiger partial charge in [0, 0.05) is 29.2 Å². The van der Waals surface area contributed by atoms with Gasteiger partial charge >= 0.3 is 0 Å². The van der Waals surface area contributed by atoms with Crippen molar-refractivity contribution in [3.63, 3.8) is 0 Å². The first-order valence-electron chi connectivity index (χ1n) is 6.88. The van der Waals surface area contributed by atoms with Crippen LogP contribution in [0.3, 0.4) is 0 Å². The zero-order chi connectivity index (χ0) is 14.9. The third kappa shape index (κ3) is 2.83. The first-order valence-corrected chi connectivity index (χ1v) is 6.88. The summed E-state index contributed by atoms with van der Waals surface area (Å²) in [6, 6.07) is 9.79. The van der Waals surface area contributed by atoms with Gasteiger partial charge in [0.25, 0.3) is 0 Å². The lowest BCUT2D eigenvalue weighted by atomic mass is 9.99. The largest absolute Gasteiger partial charge is 0.386 e. The molecule has 3 heteroatoms. The normalized spacial score (nSPS) is 11.7. The molecule has 0 unspecified atom stereocenters. The maximum Gasteiger partial charge on any atom is 0.187 e. The second kappa shape index (κ2) is 5.25. The average Bonchev–Trinajstić information content (AvgIpc) is 2.37. The van der Waals surface area contributed by atoms with Crippen LogP contribution in [-0.4, -0.2) is 9.67 Å². The monoisotopic (exact) mass is 271 g/mol. The highest BCUT2D eigenvalue weighted by Gasteiger charge is 2.20. The van der Waals surface area contributed by atoms with Crippen molar-refractivity contribution in [3.05, 3.63) is 63.6 Å². The summed E-state index contributed by atoms with van der Waals surface area (Å²) in [5, 5.41) is 10.1. The van der Waals surface area contributed by atoms with Crippen LogP contribution >= 0.6 is 0 Å². The molecule has 0 aliphatic heterocycles. The highest BCUT2D eigenvalue weighted by Crippen LogP contribution is 2.19. The second-order valence-electron chi connectivity index (χ2n) is 5.64. The Morgan fingerprint density at radius 2 is 1.80 bits per heavy atom. The molecular formula is C17H21NO2. The molecule has 0 aliphatic carbocycles. The summed E-state index contributed by atoms with van der Waals surface area (Å²) in [7, 11) is 0. The molecule has 2 rings (SSSR count). The summed E-state index contributed by atoms with van der Waals surface area (Å²) >= 11 is 0. The van der Waals surface area contributed by atoms with Crippen LogP contribution in [0, 0.1) is 6.92 Å². The van der Waals surface area contributed by atoms with E-state index in [9.17, 15) is 9.90 Å². The van der Waals surface area contributed by atoms with E-state index in [2.05, 4.69) is 19.1 Å². The Morgan fingerprint density at radius 3 is 2.30 bits per heavy atom. The van der Waals surface area contributed by atoms with Gasteiger partial charge in [-0.2, -0.15) is 0 Å². The molecule has 1 heterocycles. The van der Waals surface area contributed by atoms with Crippen molar-refractivity contribution in [2.75, 3.05) is 0 Å². The van der Waals surface area contributed by atoms with Crippen LogP contribution in [0.25, 0.3) is 5.69 Å². The number of aromatic nitrogens is 1. The van der Waals surface area contributed by atoms with E-state index >= 15 is 0 Å². The highest BCUT2D eigenvalue weighted by molar-refractivity contribution is 5.38. The molecule has 0 radical (unpaired) electrons. The number of rotatable bonds is 3. The van der Waals surface area contributed by atoms with Gasteiger partial charge in [-0.1, -0.05) is 19.1 Å². The zero-order valence-electron chi connectivity index (χ0n) is 12.5. The molecule has 0 bridgehead atoms. The third-order valence-electron chi connectivity index (χ3n) is 3.53. The SMILES string of the molecule is CCc1ccc(-n2cc(C(C)(C)O)c(=O)cc2C)cc1. The molecule has 0 atom stereocenters. The average molecular weight is 271 g/mol. The van der Waals surface area contributed by atoms with E-state index in [1.807, 2.05) is 23.6 Å². The van der Waals surface area contributed by atoms with Crippen LogP contribution < -0.4 is 5.43 Å². The Labute approximate surface area is 119 Å². The molecule has 1 N–H and O–H groups in total. The number of aliphatic hydroxyl groups is 1. The first-order chi connectivity index (χ1) is 9.32. The lowest BCUT2D eigenvalue weighted by molar-refractivity contribution is 0.0769. The Bertz CT molecular complexity index is 661. The summed E-state index contributed by atoms with van der Waals surface area (Å²) in [5.74, 6) is 0. The van der Waals surface area contributed by atoms with Crippen molar-refractivity contribution in [1.82, 2.24) is 4.57 Å². The summed E-state index contributed by atoms with van der Waals surface area (Å²) in [6.45, 7) is 7.27. The molecule has 3 nitrogen and oxygen atoms in total. The van der Waals surface area contributed by atoms with Crippen molar-refractivity contribution < 1.29 is 5.11 Å². The van der Waals surface area contributed by atoms with E-state index in [-0.39, 0.29) is 5.43 Å². The number of pyridine rings is 1. The maximum atomic E-state index is 12.0. The van der Waals surface area contributed by atoms with Gasteiger partial charge in [-0.3, -0.25) is 4.79 Å². The van der Waals surface area contributed by atoms with Crippen molar-refractivity contribution in [2.45, 2.75) is 39.7 Å². The minimum absolute atomic E-state index is 0.128. The van der Waals surface area contributed by atoms with Crippen molar-refractivity contribution >= 4 is 0 Å². The molecule has 0 fully saturated rings. The summed E-state index contributed by atoms with van der Waals surface area (Å²) < 4.78 is 1.94. The summed E-state index contributed by atoms with van der Waals surface area (Å²) in [6.07, 6.45) is 2.73. The Morgan fingerprint density at radius 1 is 1.20 bits per heavy atom. The maximum absolute atomic E-state index is 12.0. The van der Waals surface area contributed by atoms with Gasteiger partial charge in [-0.05, 0) is 44.9 Å². The van der Waals surface area contributed by atoms with Crippen LogP contribution in [0.15, 0.2) is 41.3 Å². The quantitative estimate of drug-likeness (QED) is 0.932. The highest BCUT2D eigenvalue weighted by atomic mass is 16.3. The fourth-order valence-corrected chi connectivity index (χ4v) is 2.26. The van der Waals surface area contributed by atoms with Gasteiger partial charge in [-0.15, -0.1) is 0 Å². The summed E-state index contributed by atoms with van der Waals surface area (Å²) in [4.78, 5) is 12.0. The number of aryl methyl sites for hydroxylation is 2. The number of hydrogen-bond donors (Lipinski definition) is 1. The van der Waals surface area contributed by atoms with E-state index in [0.29, 0.717) is 5.56 Å². The molecule has 0 aliphatic rings. The van der Waals surface area contributed by atoms with Gasteiger partial charge in [0.15, 0.2) is 5.43 Å². The smallest absolute Gasteiger partial charge is 0.187 e. The lowest BCUT2D eigenvalue weighted by Crippen LogP contribution is -2.27. The minimum atomic E-state index is -1.14. The number of nitrogens with zero attached hydrogens (tertiary/aromatic N) is 1. The molecule has 0 saturated carbocycles. The molecule has 20 heavy (non-hydrogen) atoms. The fourth-order valence-electron chi connectivity index (χ4n) is 2.26. The van der Waals surface area contributed by atoms with Gasteiger partial charge < -0.3 is 9.67 Å². The predicted octanol–water partition coefficient (Wildman–Crippen LogP) is 2.94. The molecule has 106 valence electrons. The van der Waals surface area contributed by atoms with Gasteiger partial charge in [0.1, 0.15) is 0 Å². The first kappa shape index (κ1) is 14.5. The minimum Gasteiger partial charge on any atom is -0.386 e. The lowest BCUT2D eigenvalue weighted by Gasteiger charge is -2.20.